The topological polar surface area (TPSA) is 108 Å². The number of rotatable bonds is 3. The molecule has 0 aromatic carbocycles. The van der Waals surface area contributed by atoms with E-state index in [-0.39, 0.29) is 11.8 Å². The maximum atomic E-state index is 12.2. The molecular weight excluding hydrogens is 284 g/mol. The molecule has 2 heterocycles. The molecule has 3 rings (SSSR count). The average Bonchev–Trinajstić information content (AvgIpc) is 2.85. The highest BCUT2D eigenvalue weighted by atomic mass is 16.3. The molecule has 0 bridgehead atoms. The lowest BCUT2D eigenvalue weighted by atomic mass is 9.95. The van der Waals surface area contributed by atoms with Crippen molar-refractivity contribution in [1.29, 1.82) is 0 Å². The van der Waals surface area contributed by atoms with Crippen LogP contribution in [0.3, 0.4) is 0 Å². The molecule has 1 saturated carbocycles. The standard InChI is InChI=1S/C15H16N4O3/c20-12-4-11(9-2-1-3-16-5-9)13(14(12)21)19-15(22)10-6-17-8-18-7-10/h1-3,5-8,11-14,20-21H,4H2,(H,19,22). The van der Waals surface area contributed by atoms with Gasteiger partial charge in [0, 0.05) is 30.7 Å². The van der Waals surface area contributed by atoms with Crippen molar-refractivity contribution < 1.29 is 15.0 Å². The lowest BCUT2D eigenvalue weighted by molar-refractivity contribution is 0.0294. The first-order chi connectivity index (χ1) is 10.7. The molecule has 1 amide bonds. The fourth-order valence-corrected chi connectivity index (χ4v) is 2.80. The Labute approximate surface area is 127 Å². The number of aliphatic hydroxyl groups is 2. The second kappa shape index (κ2) is 6.17. The highest BCUT2D eigenvalue weighted by molar-refractivity contribution is 5.93. The molecule has 4 unspecified atom stereocenters. The molecule has 1 aliphatic rings. The molecular formula is C15H16N4O3. The van der Waals surface area contributed by atoms with Crippen molar-refractivity contribution >= 4 is 5.91 Å². The van der Waals surface area contributed by atoms with E-state index in [4.69, 9.17) is 0 Å². The maximum Gasteiger partial charge on any atom is 0.254 e. The number of aromatic nitrogens is 3. The molecule has 0 radical (unpaired) electrons. The third kappa shape index (κ3) is 2.81. The normalized spacial score (nSPS) is 27.5. The van der Waals surface area contributed by atoms with Crippen molar-refractivity contribution in [2.24, 2.45) is 0 Å². The summed E-state index contributed by atoms with van der Waals surface area (Å²) in [5.74, 6) is -0.583. The molecule has 3 N–H and O–H groups in total. The monoisotopic (exact) mass is 300 g/mol. The van der Waals surface area contributed by atoms with Crippen LogP contribution in [0.1, 0.15) is 28.3 Å². The predicted octanol–water partition coefficient (Wildman–Crippen LogP) is -0.121. The zero-order valence-electron chi connectivity index (χ0n) is 11.7. The van der Waals surface area contributed by atoms with Crippen molar-refractivity contribution in [2.75, 3.05) is 0 Å². The van der Waals surface area contributed by atoms with Gasteiger partial charge >= 0.3 is 0 Å². The summed E-state index contributed by atoms with van der Waals surface area (Å²) < 4.78 is 0. The molecule has 0 saturated heterocycles. The Morgan fingerprint density at radius 2 is 1.95 bits per heavy atom. The van der Waals surface area contributed by atoms with Crippen LogP contribution in [0.2, 0.25) is 0 Å². The quantitative estimate of drug-likeness (QED) is 0.729. The van der Waals surface area contributed by atoms with Crippen LogP contribution in [-0.2, 0) is 0 Å². The zero-order chi connectivity index (χ0) is 15.5. The minimum absolute atomic E-state index is 0.202. The molecule has 114 valence electrons. The first-order valence-electron chi connectivity index (χ1n) is 6.98. The Hall–Kier alpha value is -2.38. The van der Waals surface area contributed by atoms with E-state index in [1.165, 1.54) is 18.7 Å². The van der Waals surface area contributed by atoms with Crippen LogP contribution in [0.5, 0.6) is 0 Å². The summed E-state index contributed by atoms with van der Waals surface area (Å²) in [4.78, 5) is 23.9. The van der Waals surface area contributed by atoms with Crippen molar-refractivity contribution in [2.45, 2.75) is 30.6 Å². The Bertz CT molecular complexity index is 638. The first kappa shape index (κ1) is 14.6. The van der Waals surface area contributed by atoms with E-state index >= 15 is 0 Å². The number of nitrogens with zero attached hydrogens (tertiary/aromatic N) is 3. The van der Waals surface area contributed by atoms with Crippen LogP contribution >= 0.6 is 0 Å². The molecule has 0 spiro atoms. The number of hydrogen-bond acceptors (Lipinski definition) is 6. The number of amides is 1. The number of hydrogen-bond donors (Lipinski definition) is 3. The highest BCUT2D eigenvalue weighted by Crippen LogP contribution is 2.35. The third-order valence-corrected chi connectivity index (χ3v) is 3.92. The summed E-state index contributed by atoms with van der Waals surface area (Å²) in [6, 6.07) is 3.07. The number of carbonyl (C=O) groups is 1. The molecule has 2 aromatic heterocycles. The van der Waals surface area contributed by atoms with Gasteiger partial charge in [-0.25, -0.2) is 9.97 Å². The highest BCUT2D eigenvalue weighted by Gasteiger charge is 2.43. The maximum absolute atomic E-state index is 12.2. The minimum atomic E-state index is -1.03. The van der Waals surface area contributed by atoms with E-state index < -0.39 is 18.2 Å². The van der Waals surface area contributed by atoms with E-state index in [1.807, 2.05) is 6.07 Å². The number of nitrogens with one attached hydrogen (secondary N) is 1. The Morgan fingerprint density at radius 3 is 2.64 bits per heavy atom. The predicted molar refractivity (Wildman–Crippen MR) is 76.9 cm³/mol. The number of carbonyl (C=O) groups excluding carboxylic acids is 1. The average molecular weight is 300 g/mol. The van der Waals surface area contributed by atoms with E-state index in [2.05, 4.69) is 20.3 Å². The summed E-state index contributed by atoms with van der Waals surface area (Å²) in [7, 11) is 0. The van der Waals surface area contributed by atoms with Gasteiger partial charge in [-0.05, 0) is 18.1 Å². The largest absolute Gasteiger partial charge is 0.390 e. The van der Waals surface area contributed by atoms with Crippen LogP contribution < -0.4 is 5.32 Å². The summed E-state index contributed by atoms with van der Waals surface area (Å²) in [5, 5.41) is 22.9. The molecule has 7 heteroatoms. The van der Waals surface area contributed by atoms with Gasteiger partial charge in [0.05, 0.1) is 17.7 Å². The zero-order valence-corrected chi connectivity index (χ0v) is 11.7. The molecule has 22 heavy (non-hydrogen) atoms. The summed E-state index contributed by atoms with van der Waals surface area (Å²) in [5.41, 5.74) is 1.17. The van der Waals surface area contributed by atoms with Gasteiger partial charge in [0.15, 0.2) is 0 Å². The van der Waals surface area contributed by atoms with Crippen LogP contribution in [0.25, 0.3) is 0 Å². The van der Waals surface area contributed by atoms with E-state index in [0.29, 0.717) is 12.0 Å². The van der Waals surface area contributed by atoms with Crippen LogP contribution in [0.15, 0.2) is 43.2 Å². The molecule has 4 atom stereocenters. The third-order valence-electron chi connectivity index (χ3n) is 3.92. The van der Waals surface area contributed by atoms with Gasteiger partial charge in [0.2, 0.25) is 0 Å². The van der Waals surface area contributed by atoms with Crippen molar-refractivity contribution in [1.82, 2.24) is 20.3 Å². The first-order valence-corrected chi connectivity index (χ1v) is 6.98. The SMILES string of the molecule is O=C(NC1C(c2cccnc2)CC(O)C1O)c1cncnc1. The van der Waals surface area contributed by atoms with Crippen molar-refractivity contribution in [3.05, 3.63) is 54.4 Å². The molecule has 1 aliphatic carbocycles. The van der Waals surface area contributed by atoms with Gasteiger partial charge in [0.25, 0.3) is 5.91 Å². The van der Waals surface area contributed by atoms with Gasteiger partial charge in [-0.1, -0.05) is 6.07 Å². The van der Waals surface area contributed by atoms with Crippen LogP contribution in [0, 0.1) is 0 Å². The molecule has 7 nitrogen and oxygen atoms in total. The van der Waals surface area contributed by atoms with Crippen LogP contribution in [-0.4, -0.2) is 49.3 Å². The minimum Gasteiger partial charge on any atom is -0.390 e. The lowest BCUT2D eigenvalue weighted by Gasteiger charge is -2.23. The van der Waals surface area contributed by atoms with Gasteiger partial charge in [-0.2, -0.15) is 0 Å². The number of pyridine rings is 1. The van der Waals surface area contributed by atoms with E-state index in [1.54, 1.807) is 18.5 Å². The fourth-order valence-electron chi connectivity index (χ4n) is 2.80. The van der Waals surface area contributed by atoms with Crippen molar-refractivity contribution in [3.8, 4) is 0 Å². The van der Waals surface area contributed by atoms with E-state index in [0.717, 1.165) is 5.56 Å². The van der Waals surface area contributed by atoms with Crippen LogP contribution in [0.4, 0.5) is 0 Å². The lowest BCUT2D eigenvalue weighted by Crippen LogP contribution is -2.45. The smallest absolute Gasteiger partial charge is 0.254 e. The molecule has 2 aromatic rings. The summed E-state index contributed by atoms with van der Waals surface area (Å²) >= 11 is 0. The molecule has 1 fully saturated rings. The number of aliphatic hydroxyl groups excluding tert-OH is 2. The Kier molecular flexibility index (Phi) is 4.08. The Balaban J connectivity index is 1.82. The van der Waals surface area contributed by atoms with E-state index in [9.17, 15) is 15.0 Å². The van der Waals surface area contributed by atoms with Gasteiger partial charge < -0.3 is 15.5 Å². The molecule has 0 aliphatic heterocycles. The van der Waals surface area contributed by atoms with Gasteiger partial charge in [-0.3, -0.25) is 9.78 Å². The fraction of sp³-hybridized carbons (Fsp3) is 0.333. The van der Waals surface area contributed by atoms with Gasteiger partial charge in [0.1, 0.15) is 12.4 Å². The van der Waals surface area contributed by atoms with Gasteiger partial charge in [-0.15, -0.1) is 0 Å². The summed E-state index contributed by atoms with van der Waals surface area (Å²) in [6.45, 7) is 0. The van der Waals surface area contributed by atoms with Crippen molar-refractivity contribution in [3.63, 3.8) is 0 Å². The Morgan fingerprint density at radius 1 is 1.18 bits per heavy atom. The second-order valence-electron chi connectivity index (χ2n) is 5.31. The summed E-state index contributed by atoms with van der Waals surface area (Å²) in [6.07, 6.45) is 5.92. The second-order valence-corrected chi connectivity index (χ2v) is 5.31.